The Morgan fingerprint density at radius 2 is 2.45 bits per heavy atom. The molecule has 0 bridgehead atoms. The number of hydrogen-bond donors (Lipinski definition) is 2. The second-order valence-electron chi connectivity index (χ2n) is 1.96. The first-order valence-corrected chi connectivity index (χ1v) is 3.74. The lowest BCUT2D eigenvalue weighted by atomic mass is 10.6. The highest BCUT2D eigenvalue weighted by Crippen LogP contribution is 2.17. The zero-order chi connectivity index (χ0) is 7.84. The Morgan fingerprint density at radius 1 is 1.64 bits per heavy atom. The fraction of sp³-hybridized carbons (Fsp3) is 0. The maximum absolute atomic E-state index is 10.7. The number of H-pyrrole nitrogens is 1. The van der Waals surface area contributed by atoms with Gasteiger partial charge in [-0.05, 0) is 0 Å². The van der Waals surface area contributed by atoms with E-state index in [4.69, 9.17) is 5.73 Å². The zero-order valence-corrected chi connectivity index (χ0v) is 6.18. The molecular formula is C5H4N4OS. The molecule has 0 amide bonds. The van der Waals surface area contributed by atoms with Gasteiger partial charge in [-0.15, -0.1) is 11.3 Å². The molecule has 0 saturated heterocycles. The van der Waals surface area contributed by atoms with E-state index in [2.05, 4.69) is 15.0 Å². The summed E-state index contributed by atoms with van der Waals surface area (Å²) in [7, 11) is 0. The highest BCUT2D eigenvalue weighted by Gasteiger charge is 2.02. The smallest absolute Gasteiger partial charge is 0.348 e. The van der Waals surface area contributed by atoms with Crippen molar-refractivity contribution in [1.82, 2.24) is 15.0 Å². The summed E-state index contributed by atoms with van der Waals surface area (Å²) in [4.78, 5) is 20.6. The third-order valence-corrected chi connectivity index (χ3v) is 2.10. The number of fused-ring (bicyclic) bond motifs is 1. The molecule has 0 aliphatic heterocycles. The second kappa shape index (κ2) is 2.03. The van der Waals surface area contributed by atoms with Gasteiger partial charge in [-0.3, -0.25) is 4.98 Å². The maximum Gasteiger partial charge on any atom is 0.348 e. The van der Waals surface area contributed by atoms with Gasteiger partial charge in [0.05, 0.1) is 5.51 Å². The molecule has 0 fully saturated rings. The third-order valence-electron chi connectivity index (χ3n) is 1.25. The number of thiazole rings is 1. The van der Waals surface area contributed by atoms with E-state index in [0.29, 0.717) is 5.65 Å². The van der Waals surface area contributed by atoms with E-state index in [1.165, 1.54) is 11.3 Å². The van der Waals surface area contributed by atoms with Gasteiger partial charge in [0, 0.05) is 0 Å². The lowest BCUT2D eigenvalue weighted by Crippen LogP contribution is -2.11. The van der Waals surface area contributed by atoms with Gasteiger partial charge in [0.2, 0.25) is 0 Å². The van der Waals surface area contributed by atoms with Crippen molar-refractivity contribution < 1.29 is 0 Å². The Bertz CT molecular complexity index is 445. The van der Waals surface area contributed by atoms with Crippen LogP contribution in [0.4, 0.5) is 5.82 Å². The molecule has 0 unspecified atom stereocenters. The largest absolute Gasteiger partial charge is 0.382 e. The molecule has 5 nitrogen and oxygen atoms in total. The number of nitrogens with two attached hydrogens (primary N) is 1. The molecule has 2 rings (SSSR count). The average Bonchev–Trinajstić information content (AvgIpc) is 2.34. The van der Waals surface area contributed by atoms with E-state index in [-0.39, 0.29) is 5.82 Å². The van der Waals surface area contributed by atoms with Crippen molar-refractivity contribution in [2.24, 2.45) is 0 Å². The van der Waals surface area contributed by atoms with Gasteiger partial charge in [-0.25, -0.2) is 9.78 Å². The highest BCUT2D eigenvalue weighted by molar-refractivity contribution is 7.17. The fourth-order valence-electron chi connectivity index (χ4n) is 0.806. The zero-order valence-electron chi connectivity index (χ0n) is 5.37. The molecule has 0 saturated carbocycles. The number of rotatable bonds is 0. The van der Waals surface area contributed by atoms with Crippen LogP contribution in [-0.2, 0) is 0 Å². The number of aromatic amines is 1. The van der Waals surface area contributed by atoms with Gasteiger partial charge in [0.15, 0.2) is 11.5 Å². The first-order valence-electron chi connectivity index (χ1n) is 2.86. The number of nitrogens with zero attached hydrogens (tertiary/aromatic N) is 2. The Morgan fingerprint density at radius 3 is 3.27 bits per heavy atom. The number of nitrogens with one attached hydrogen (secondary N) is 1. The van der Waals surface area contributed by atoms with Crippen molar-refractivity contribution in [2.45, 2.75) is 0 Å². The van der Waals surface area contributed by atoms with Crippen molar-refractivity contribution >= 4 is 27.5 Å². The SMILES string of the molecule is Nc1nc(=O)[nH]c2ncsc12. The summed E-state index contributed by atoms with van der Waals surface area (Å²) in [5, 5.41) is 0. The molecular weight excluding hydrogens is 164 g/mol. The molecule has 2 aromatic heterocycles. The predicted octanol–water partition coefficient (Wildman–Crippen LogP) is -0.0382. The summed E-state index contributed by atoms with van der Waals surface area (Å²) >= 11 is 1.35. The molecule has 0 aliphatic rings. The van der Waals surface area contributed by atoms with Gasteiger partial charge in [-0.1, -0.05) is 0 Å². The van der Waals surface area contributed by atoms with Gasteiger partial charge >= 0.3 is 5.69 Å². The molecule has 56 valence electrons. The number of aromatic nitrogens is 3. The molecule has 0 aromatic carbocycles. The predicted molar refractivity (Wildman–Crippen MR) is 42.4 cm³/mol. The van der Waals surface area contributed by atoms with Crippen LogP contribution in [0.25, 0.3) is 10.3 Å². The van der Waals surface area contributed by atoms with Crippen molar-refractivity contribution in [3.05, 3.63) is 16.0 Å². The van der Waals surface area contributed by atoms with Crippen LogP contribution in [0.2, 0.25) is 0 Å². The molecule has 2 heterocycles. The van der Waals surface area contributed by atoms with Crippen LogP contribution in [0.3, 0.4) is 0 Å². The molecule has 0 atom stereocenters. The van der Waals surface area contributed by atoms with Crippen molar-refractivity contribution in [1.29, 1.82) is 0 Å². The number of nitrogen functional groups attached to an aromatic ring is 1. The van der Waals surface area contributed by atoms with Crippen LogP contribution in [0.15, 0.2) is 10.3 Å². The Balaban J connectivity index is 3.02. The molecule has 0 aliphatic carbocycles. The van der Waals surface area contributed by atoms with Crippen molar-refractivity contribution in [2.75, 3.05) is 5.73 Å². The molecule has 2 aromatic rings. The standard InChI is InChI=1S/C5H4N4OS/c6-3-2-4(7-1-11-2)9-5(10)8-3/h1H,(H3,6,8,9,10). The van der Waals surface area contributed by atoms with Gasteiger partial charge in [-0.2, -0.15) is 4.98 Å². The minimum absolute atomic E-state index is 0.242. The monoisotopic (exact) mass is 168 g/mol. The van der Waals surface area contributed by atoms with E-state index < -0.39 is 5.69 Å². The molecule has 0 radical (unpaired) electrons. The molecule has 3 N–H and O–H groups in total. The Labute approximate surface area is 64.9 Å². The van der Waals surface area contributed by atoms with Crippen LogP contribution in [0.1, 0.15) is 0 Å². The van der Waals surface area contributed by atoms with Crippen molar-refractivity contribution in [3.63, 3.8) is 0 Å². The van der Waals surface area contributed by atoms with Crippen molar-refractivity contribution in [3.8, 4) is 0 Å². The number of anilines is 1. The number of hydrogen-bond acceptors (Lipinski definition) is 5. The normalized spacial score (nSPS) is 10.5. The van der Waals surface area contributed by atoms with Crippen LogP contribution in [-0.4, -0.2) is 15.0 Å². The fourth-order valence-corrected chi connectivity index (χ4v) is 1.45. The first-order chi connectivity index (χ1) is 5.27. The minimum atomic E-state index is -0.458. The highest BCUT2D eigenvalue weighted by atomic mass is 32.1. The lowest BCUT2D eigenvalue weighted by Gasteiger charge is -1.89. The third kappa shape index (κ3) is 0.874. The summed E-state index contributed by atoms with van der Waals surface area (Å²) in [6.07, 6.45) is 0. The summed E-state index contributed by atoms with van der Waals surface area (Å²) < 4.78 is 0.726. The van der Waals surface area contributed by atoms with Gasteiger partial charge in [0.1, 0.15) is 4.70 Å². The quantitative estimate of drug-likeness (QED) is 0.578. The van der Waals surface area contributed by atoms with Crippen LogP contribution in [0, 0.1) is 0 Å². The second-order valence-corrected chi connectivity index (χ2v) is 2.81. The first kappa shape index (κ1) is 6.29. The Kier molecular flexibility index (Phi) is 1.16. The molecule has 6 heteroatoms. The van der Waals surface area contributed by atoms with E-state index >= 15 is 0 Å². The maximum atomic E-state index is 10.7. The average molecular weight is 168 g/mol. The summed E-state index contributed by atoms with van der Waals surface area (Å²) in [6, 6.07) is 0. The summed E-state index contributed by atoms with van der Waals surface area (Å²) in [5.74, 6) is 0.242. The summed E-state index contributed by atoms with van der Waals surface area (Å²) in [6.45, 7) is 0. The van der Waals surface area contributed by atoms with Crippen LogP contribution in [0.5, 0.6) is 0 Å². The lowest BCUT2D eigenvalue weighted by molar-refractivity contribution is 1.11. The van der Waals surface area contributed by atoms with E-state index in [1.807, 2.05) is 0 Å². The van der Waals surface area contributed by atoms with Gasteiger partial charge < -0.3 is 5.73 Å². The topological polar surface area (TPSA) is 84.7 Å². The van der Waals surface area contributed by atoms with Crippen LogP contribution < -0.4 is 11.4 Å². The molecule has 11 heavy (non-hydrogen) atoms. The van der Waals surface area contributed by atoms with E-state index in [0.717, 1.165) is 4.70 Å². The molecule has 0 spiro atoms. The van der Waals surface area contributed by atoms with Crippen LogP contribution >= 0.6 is 11.3 Å². The van der Waals surface area contributed by atoms with E-state index in [1.54, 1.807) is 5.51 Å². The van der Waals surface area contributed by atoms with Gasteiger partial charge in [0.25, 0.3) is 0 Å². The van der Waals surface area contributed by atoms with E-state index in [9.17, 15) is 4.79 Å². The Hall–Kier alpha value is -1.43. The summed E-state index contributed by atoms with van der Waals surface area (Å²) in [5.41, 5.74) is 7.10. The minimum Gasteiger partial charge on any atom is -0.382 e.